The van der Waals surface area contributed by atoms with Crippen molar-refractivity contribution in [1.82, 2.24) is 0 Å². The Kier molecular flexibility index (Phi) is 4.24. The molecule has 1 nitrogen and oxygen atoms in total. The van der Waals surface area contributed by atoms with Crippen LogP contribution in [0.4, 0.5) is 5.69 Å². The summed E-state index contributed by atoms with van der Waals surface area (Å²) in [6.45, 7) is 5.24. The van der Waals surface area contributed by atoms with Gasteiger partial charge < -0.3 is 5.32 Å². The second-order valence-electron chi connectivity index (χ2n) is 4.23. The first-order valence-corrected chi connectivity index (χ1v) is 7.42. The van der Waals surface area contributed by atoms with Crippen LogP contribution in [0.5, 0.6) is 0 Å². The number of aryl methyl sites for hydroxylation is 2. The molecule has 17 heavy (non-hydrogen) atoms. The molecule has 0 fully saturated rings. The molecule has 0 radical (unpaired) electrons. The van der Waals surface area contributed by atoms with E-state index in [1.165, 1.54) is 26.9 Å². The van der Waals surface area contributed by atoms with Gasteiger partial charge in [-0.15, -0.1) is 0 Å². The molecule has 0 unspecified atom stereocenters. The molecular formula is C14H16BrNS. The van der Waals surface area contributed by atoms with Crippen molar-refractivity contribution in [3.05, 3.63) is 50.1 Å². The molecule has 0 bridgehead atoms. The summed E-state index contributed by atoms with van der Waals surface area (Å²) >= 11 is 5.35. The van der Waals surface area contributed by atoms with Crippen LogP contribution >= 0.6 is 27.3 Å². The normalized spacial score (nSPS) is 10.5. The quantitative estimate of drug-likeness (QED) is 0.857. The van der Waals surface area contributed by atoms with Crippen LogP contribution in [0.3, 0.4) is 0 Å². The molecular weight excluding hydrogens is 294 g/mol. The summed E-state index contributed by atoms with van der Waals surface area (Å²) in [6.07, 6.45) is 1.08. The van der Waals surface area contributed by atoms with Gasteiger partial charge in [0.25, 0.3) is 0 Å². The molecule has 0 spiro atoms. The molecule has 1 N–H and O–H groups in total. The summed E-state index contributed by atoms with van der Waals surface area (Å²) in [5, 5.41) is 7.81. The highest BCUT2D eigenvalue weighted by Gasteiger charge is 2.02. The van der Waals surface area contributed by atoms with Crippen molar-refractivity contribution in [2.75, 3.05) is 11.9 Å². The topological polar surface area (TPSA) is 12.0 Å². The maximum atomic E-state index is 3.59. The highest BCUT2D eigenvalue weighted by molar-refractivity contribution is 9.10. The van der Waals surface area contributed by atoms with Gasteiger partial charge in [0, 0.05) is 16.7 Å². The molecule has 2 rings (SSSR count). The van der Waals surface area contributed by atoms with E-state index in [1.807, 2.05) is 0 Å². The summed E-state index contributed by atoms with van der Waals surface area (Å²) in [5.74, 6) is 0. The van der Waals surface area contributed by atoms with E-state index in [-0.39, 0.29) is 0 Å². The maximum absolute atomic E-state index is 3.59. The van der Waals surface area contributed by atoms with Gasteiger partial charge in [-0.3, -0.25) is 0 Å². The zero-order valence-electron chi connectivity index (χ0n) is 10.1. The molecule has 3 heteroatoms. The van der Waals surface area contributed by atoms with E-state index in [2.05, 4.69) is 64.1 Å². The van der Waals surface area contributed by atoms with Gasteiger partial charge in [-0.05, 0) is 65.9 Å². The Balaban J connectivity index is 1.95. The van der Waals surface area contributed by atoms with Crippen LogP contribution in [-0.4, -0.2) is 6.54 Å². The number of nitrogens with one attached hydrogen (secondary N) is 1. The third-order valence-corrected chi connectivity index (χ3v) is 4.74. The third-order valence-electron chi connectivity index (χ3n) is 2.76. The number of anilines is 1. The molecule has 1 aromatic carbocycles. The Hall–Kier alpha value is -0.800. The Bertz CT molecular complexity index is 468. The Morgan fingerprint density at radius 2 is 1.94 bits per heavy atom. The predicted molar refractivity (Wildman–Crippen MR) is 80.1 cm³/mol. The molecule has 0 saturated heterocycles. The summed E-state index contributed by atoms with van der Waals surface area (Å²) in [4.78, 5) is 0. The number of hydrogen-bond acceptors (Lipinski definition) is 2. The molecule has 1 heterocycles. The van der Waals surface area contributed by atoms with Gasteiger partial charge in [-0.1, -0.05) is 15.9 Å². The van der Waals surface area contributed by atoms with Crippen molar-refractivity contribution in [1.29, 1.82) is 0 Å². The largest absolute Gasteiger partial charge is 0.385 e. The van der Waals surface area contributed by atoms with Crippen molar-refractivity contribution >= 4 is 33.0 Å². The molecule has 0 aliphatic heterocycles. The first-order valence-electron chi connectivity index (χ1n) is 5.68. The van der Waals surface area contributed by atoms with Crippen molar-refractivity contribution in [3.63, 3.8) is 0 Å². The number of benzene rings is 1. The fourth-order valence-corrected chi connectivity index (χ4v) is 2.77. The van der Waals surface area contributed by atoms with Crippen molar-refractivity contribution in [2.45, 2.75) is 20.3 Å². The van der Waals surface area contributed by atoms with Crippen molar-refractivity contribution < 1.29 is 0 Å². The lowest BCUT2D eigenvalue weighted by atomic mass is 10.1. The summed E-state index contributed by atoms with van der Waals surface area (Å²) in [7, 11) is 0. The van der Waals surface area contributed by atoms with Crippen LogP contribution in [0.25, 0.3) is 0 Å². The molecule has 0 aliphatic rings. The summed E-state index contributed by atoms with van der Waals surface area (Å²) < 4.78 is 1.21. The monoisotopic (exact) mass is 309 g/mol. The lowest BCUT2D eigenvalue weighted by Gasteiger charge is -2.10. The van der Waals surface area contributed by atoms with E-state index in [9.17, 15) is 0 Å². The first kappa shape index (κ1) is 12.7. The number of rotatable bonds is 4. The van der Waals surface area contributed by atoms with Gasteiger partial charge in [0.2, 0.25) is 0 Å². The minimum absolute atomic E-state index is 0.983. The number of hydrogen-bond donors (Lipinski definition) is 1. The van der Waals surface area contributed by atoms with E-state index < -0.39 is 0 Å². The smallest absolute Gasteiger partial charge is 0.0346 e. The molecule has 0 aliphatic carbocycles. The minimum Gasteiger partial charge on any atom is -0.385 e. The van der Waals surface area contributed by atoms with Crippen LogP contribution in [0.15, 0.2) is 33.4 Å². The van der Waals surface area contributed by atoms with E-state index in [0.29, 0.717) is 0 Å². The van der Waals surface area contributed by atoms with Gasteiger partial charge in [0.1, 0.15) is 0 Å². The van der Waals surface area contributed by atoms with Crippen LogP contribution < -0.4 is 5.32 Å². The Morgan fingerprint density at radius 1 is 1.24 bits per heavy atom. The average Bonchev–Trinajstić information content (AvgIpc) is 2.79. The first-order chi connectivity index (χ1) is 8.16. The van der Waals surface area contributed by atoms with E-state index in [0.717, 1.165) is 13.0 Å². The number of halogens is 1. The Morgan fingerprint density at radius 3 is 2.53 bits per heavy atom. The maximum Gasteiger partial charge on any atom is 0.0346 e. The molecule has 1 aromatic heterocycles. The second kappa shape index (κ2) is 5.69. The summed E-state index contributed by atoms with van der Waals surface area (Å²) in [5.41, 5.74) is 5.18. The highest BCUT2D eigenvalue weighted by atomic mass is 79.9. The van der Waals surface area contributed by atoms with Crippen molar-refractivity contribution in [3.8, 4) is 0 Å². The molecule has 0 atom stereocenters. The zero-order chi connectivity index (χ0) is 12.3. The fourth-order valence-electron chi connectivity index (χ4n) is 1.83. The fraction of sp³-hybridized carbons (Fsp3) is 0.286. The highest BCUT2D eigenvalue weighted by Crippen LogP contribution is 2.24. The van der Waals surface area contributed by atoms with Crippen LogP contribution in [-0.2, 0) is 6.42 Å². The molecule has 0 amide bonds. The van der Waals surface area contributed by atoms with Crippen LogP contribution in [0.1, 0.15) is 16.7 Å². The summed E-state index contributed by atoms with van der Waals surface area (Å²) in [6, 6.07) is 6.56. The predicted octanol–water partition coefficient (Wildman–Crippen LogP) is 4.78. The van der Waals surface area contributed by atoms with Gasteiger partial charge in [0.05, 0.1) is 0 Å². The standard InChI is InChI=1S/C14H16BrNS/c1-10-7-13(8-11(2)14(10)15)16-5-3-12-4-6-17-9-12/h4,6-9,16H,3,5H2,1-2H3. The lowest BCUT2D eigenvalue weighted by molar-refractivity contribution is 1.03. The second-order valence-corrected chi connectivity index (χ2v) is 5.81. The lowest BCUT2D eigenvalue weighted by Crippen LogP contribution is -2.04. The molecule has 0 saturated carbocycles. The average molecular weight is 310 g/mol. The molecule has 2 aromatic rings. The van der Waals surface area contributed by atoms with Crippen LogP contribution in [0, 0.1) is 13.8 Å². The van der Waals surface area contributed by atoms with E-state index >= 15 is 0 Å². The SMILES string of the molecule is Cc1cc(NCCc2ccsc2)cc(C)c1Br. The Labute approximate surface area is 115 Å². The third kappa shape index (κ3) is 3.33. The molecule has 90 valence electrons. The van der Waals surface area contributed by atoms with Gasteiger partial charge in [-0.2, -0.15) is 11.3 Å². The van der Waals surface area contributed by atoms with Crippen LogP contribution in [0.2, 0.25) is 0 Å². The number of thiophene rings is 1. The zero-order valence-corrected chi connectivity index (χ0v) is 12.5. The van der Waals surface area contributed by atoms with Gasteiger partial charge in [0.15, 0.2) is 0 Å². The van der Waals surface area contributed by atoms with Crippen molar-refractivity contribution in [2.24, 2.45) is 0 Å². The van der Waals surface area contributed by atoms with Gasteiger partial charge in [-0.25, -0.2) is 0 Å². The van der Waals surface area contributed by atoms with E-state index in [4.69, 9.17) is 0 Å². The van der Waals surface area contributed by atoms with Gasteiger partial charge >= 0.3 is 0 Å². The van der Waals surface area contributed by atoms with E-state index in [1.54, 1.807) is 11.3 Å². The minimum atomic E-state index is 0.983.